The molecule has 1 nitrogen and oxygen atoms in total. The molecular weight excluding hydrogens is 410 g/mol. The van der Waals surface area contributed by atoms with Crippen LogP contribution in [-0.2, 0) is 0 Å². The predicted octanol–water partition coefficient (Wildman–Crippen LogP) is 11.4. The smallest absolute Gasteiger partial charge is 0.0788 e. The molecule has 0 spiro atoms. The molecule has 0 bridgehead atoms. The van der Waals surface area contributed by atoms with Crippen molar-refractivity contribution in [3.63, 3.8) is 0 Å². The van der Waals surface area contributed by atoms with Crippen molar-refractivity contribution in [2.45, 2.75) is 187 Å². The lowest BCUT2D eigenvalue weighted by atomic mass is 10.0. The first-order chi connectivity index (χ1) is 16.8. The molecule has 0 aromatic carbocycles. The molecule has 0 aliphatic carbocycles. The van der Waals surface area contributed by atoms with E-state index in [0.29, 0.717) is 0 Å². The van der Waals surface area contributed by atoms with Crippen LogP contribution < -0.4 is 0 Å². The SMILES string of the molecule is CCCCCCCCCCCCCCC[N+]1(CCCCCCCCCCCCCC)CCCC1. The number of hydrogen-bond donors (Lipinski definition) is 0. The zero-order valence-corrected chi connectivity index (χ0v) is 24.4. The van der Waals surface area contributed by atoms with Gasteiger partial charge >= 0.3 is 0 Å². The minimum Gasteiger partial charge on any atom is -0.324 e. The molecule has 1 aliphatic rings. The van der Waals surface area contributed by atoms with Gasteiger partial charge in [0.2, 0.25) is 0 Å². The number of unbranched alkanes of at least 4 members (excludes halogenated alkanes) is 23. The number of rotatable bonds is 27. The zero-order chi connectivity index (χ0) is 24.4. The molecule has 0 aromatic heterocycles. The van der Waals surface area contributed by atoms with Gasteiger partial charge in [0, 0.05) is 12.8 Å². The van der Waals surface area contributed by atoms with Crippen molar-refractivity contribution in [2.24, 2.45) is 0 Å². The van der Waals surface area contributed by atoms with E-state index in [1.165, 1.54) is 204 Å². The number of quaternary nitrogens is 1. The van der Waals surface area contributed by atoms with E-state index >= 15 is 0 Å². The van der Waals surface area contributed by atoms with Crippen molar-refractivity contribution >= 4 is 0 Å². The van der Waals surface area contributed by atoms with E-state index < -0.39 is 0 Å². The van der Waals surface area contributed by atoms with Gasteiger partial charge in [-0.1, -0.05) is 149 Å². The van der Waals surface area contributed by atoms with E-state index in [0.717, 1.165) is 0 Å². The maximum absolute atomic E-state index is 2.31. The number of likely N-dealkylation sites (tertiary alicyclic amines) is 1. The van der Waals surface area contributed by atoms with Crippen LogP contribution in [0.2, 0.25) is 0 Å². The predicted molar refractivity (Wildman–Crippen MR) is 156 cm³/mol. The van der Waals surface area contributed by atoms with Crippen LogP contribution in [0.1, 0.15) is 187 Å². The van der Waals surface area contributed by atoms with E-state index in [9.17, 15) is 0 Å². The normalized spacial score (nSPS) is 15.4. The molecular formula is C33H68N+. The van der Waals surface area contributed by atoms with E-state index in [1.54, 1.807) is 0 Å². The van der Waals surface area contributed by atoms with Gasteiger partial charge in [0.25, 0.3) is 0 Å². The van der Waals surface area contributed by atoms with Gasteiger partial charge in [-0.3, -0.25) is 0 Å². The van der Waals surface area contributed by atoms with Crippen molar-refractivity contribution < 1.29 is 4.48 Å². The summed E-state index contributed by atoms with van der Waals surface area (Å²) in [7, 11) is 0. The highest BCUT2D eigenvalue weighted by molar-refractivity contribution is 4.58. The lowest BCUT2D eigenvalue weighted by Crippen LogP contribution is -2.46. The van der Waals surface area contributed by atoms with Gasteiger partial charge in [0.15, 0.2) is 0 Å². The fraction of sp³-hybridized carbons (Fsp3) is 1.00. The lowest BCUT2D eigenvalue weighted by molar-refractivity contribution is -0.917. The molecule has 1 heterocycles. The van der Waals surface area contributed by atoms with Crippen LogP contribution in [0.4, 0.5) is 0 Å². The van der Waals surface area contributed by atoms with Gasteiger partial charge < -0.3 is 4.48 Å². The van der Waals surface area contributed by atoms with Crippen molar-refractivity contribution in [2.75, 3.05) is 26.2 Å². The lowest BCUT2D eigenvalue weighted by Gasteiger charge is -2.34. The number of hydrogen-bond acceptors (Lipinski definition) is 0. The molecule has 0 atom stereocenters. The minimum atomic E-state index is 1.37. The maximum atomic E-state index is 2.31. The summed E-state index contributed by atoms with van der Waals surface area (Å²) in [5.74, 6) is 0. The summed E-state index contributed by atoms with van der Waals surface area (Å²) in [5.41, 5.74) is 0. The Morgan fingerprint density at radius 1 is 0.324 bits per heavy atom. The zero-order valence-electron chi connectivity index (χ0n) is 24.4. The highest BCUT2D eigenvalue weighted by atomic mass is 15.4. The van der Waals surface area contributed by atoms with Gasteiger partial charge in [-0.05, 0) is 25.7 Å². The third-order valence-electron chi connectivity index (χ3n) is 8.74. The van der Waals surface area contributed by atoms with Gasteiger partial charge in [0.1, 0.15) is 0 Å². The molecule has 34 heavy (non-hydrogen) atoms. The van der Waals surface area contributed by atoms with Crippen LogP contribution >= 0.6 is 0 Å². The van der Waals surface area contributed by atoms with Crippen molar-refractivity contribution in [3.8, 4) is 0 Å². The molecule has 1 heteroatoms. The molecule has 0 radical (unpaired) electrons. The van der Waals surface area contributed by atoms with Crippen LogP contribution in [0.5, 0.6) is 0 Å². The van der Waals surface area contributed by atoms with E-state index in [2.05, 4.69) is 13.8 Å². The third kappa shape index (κ3) is 19.2. The minimum absolute atomic E-state index is 1.37. The first-order valence-electron chi connectivity index (χ1n) is 16.7. The van der Waals surface area contributed by atoms with Crippen LogP contribution in [0, 0.1) is 0 Å². The topological polar surface area (TPSA) is 0 Å². The van der Waals surface area contributed by atoms with Gasteiger partial charge in [-0.25, -0.2) is 0 Å². The molecule has 0 unspecified atom stereocenters. The highest BCUT2D eigenvalue weighted by Gasteiger charge is 2.30. The first-order valence-corrected chi connectivity index (χ1v) is 16.7. The Labute approximate surface area is 217 Å². The molecule has 0 saturated carbocycles. The Morgan fingerprint density at radius 2 is 0.559 bits per heavy atom. The summed E-state index contributed by atoms with van der Waals surface area (Å²) < 4.78 is 1.50. The summed E-state index contributed by atoms with van der Waals surface area (Å²) >= 11 is 0. The molecule has 0 amide bonds. The summed E-state index contributed by atoms with van der Waals surface area (Å²) in [5, 5.41) is 0. The Balaban J connectivity index is 1.90. The molecule has 1 rings (SSSR count). The standard InChI is InChI=1S/C33H68N/c1-3-5-7-9-11-13-15-17-19-21-23-25-27-31-34(32-28-29-33-34)30-26-24-22-20-18-16-14-12-10-8-6-4-2/h3-33H2,1-2H3/q+1. The Bertz CT molecular complexity index is 384. The molecule has 1 fully saturated rings. The van der Waals surface area contributed by atoms with E-state index in [-0.39, 0.29) is 0 Å². The van der Waals surface area contributed by atoms with Gasteiger partial charge in [-0.15, -0.1) is 0 Å². The first kappa shape index (κ1) is 32.0. The summed E-state index contributed by atoms with van der Waals surface area (Å²) in [4.78, 5) is 0. The molecule has 0 aromatic rings. The summed E-state index contributed by atoms with van der Waals surface area (Å²) in [6.45, 7) is 10.6. The monoisotopic (exact) mass is 479 g/mol. The Kier molecular flexibility index (Phi) is 23.2. The Hall–Kier alpha value is -0.0400. The molecule has 1 saturated heterocycles. The molecule has 1 aliphatic heterocycles. The Morgan fingerprint density at radius 3 is 0.824 bits per heavy atom. The van der Waals surface area contributed by atoms with Crippen LogP contribution in [0.3, 0.4) is 0 Å². The van der Waals surface area contributed by atoms with Crippen LogP contribution in [-0.4, -0.2) is 30.7 Å². The fourth-order valence-electron chi connectivity index (χ4n) is 6.32. The quantitative estimate of drug-likeness (QED) is 0.0813. The highest BCUT2D eigenvalue weighted by Crippen LogP contribution is 2.23. The summed E-state index contributed by atoms with van der Waals surface area (Å²) in [6, 6.07) is 0. The third-order valence-corrected chi connectivity index (χ3v) is 8.74. The largest absolute Gasteiger partial charge is 0.324 e. The van der Waals surface area contributed by atoms with Crippen molar-refractivity contribution in [1.29, 1.82) is 0 Å². The van der Waals surface area contributed by atoms with E-state index in [4.69, 9.17) is 0 Å². The van der Waals surface area contributed by atoms with Gasteiger partial charge in [0.05, 0.1) is 26.2 Å². The molecule has 204 valence electrons. The fourth-order valence-corrected chi connectivity index (χ4v) is 6.32. The van der Waals surface area contributed by atoms with Gasteiger partial charge in [-0.2, -0.15) is 0 Å². The van der Waals surface area contributed by atoms with Crippen LogP contribution in [0.25, 0.3) is 0 Å². The number of nitrogens with zero attached hydrogens (tertiary/aromatic N) is 1. The average Bonchev–Trinajstić information content (AvgIpc) is 3.31. The van der Waals surface area contributed by atoms with Crippen molar-refractivity contribution in [3.05, 3.63) is 0 Å². The molecule has 0 N–H and O–H groups in total. The van der Waals surface area contributed by atoms with Crippen LogP contribution in [0.15, 0.2) is 0 Å². The second-order valence-electron chi connectivity index (χ2n) is 12.1. The van der Waals surface area contributed by atoms with Crippen molar-refractivity contribution in [1.82, 2.24) is 0 Å². The maximum Gasteiger partial charge on any atom is 0.0788 e. The van der Waals surface area contributed by atoms with E-state index in [1.807, 2.05) is 0 Å². The second kappa shape index (κ2) is 24.6. The summed E-state index contributed by atoms with van der Waals surface area (Å²) in [6.07, 6.45) is 39.9. The average molecular weight is 479 g/mol. The second-order valence-corrected chi connectivity index (χ2v) is 12.1.